The topological polar surface area (TPSA) is 49.4 Å². The third-order valence-corrected chi connectivity index (χ3v) is 6.45. The molecule has 1 aliphatic heterocycles. The molecule has 1 N–H and O–H groups in total. The van der Waals surface area contributed by atoms with Crippen molar-refractivity contribution in [2.45, 2.75) is 50.9 Å². The van der Waals surface area contributed by atoms with Crippen LogP contribution in [0.15, 0.2) is 48.5 Å². The number of nitrogens with one attached hydrogen (secondary N) is 1. The zero-order valence-corrected chi connectivity index (χ0v) is 17.7. The van der Waals surface area contributed by atoms with Crippen LogP contribution < -0.4 is 5.32 Å². The quantitative estimate of drug-likeness (QED) is 0.631. The predicted molar refractivity (Wildman–Crippen MR) is 117 cm³/mol. The Morgan fingerprint density at radius 3 is 2.45 bits per heavy atom. The summed E-state index contributed by atoms with van der Waals surface area (Å²) in [5, 5.41) is 2.82. The lowest BCUT2D eigenvalue weighted by atomic mass is 10.1. The summed E-state index contributed by atoms with van der Waals surface area (Å²) < 4.78 is 13.1. The first-order valence-electron chi connectivity index (χ1n) is 10.1. The summed E-state index contributed by atoms with van der Waals surface area (Å²) in [6, 6.07) is 12.6. The van der Waals surface area contributed by atoms with E-state index in [-0.39, 0.29) is 23.0 Å². The maximum Gasteiger partial charge on any atom is 0.255 e. The van der Waals surface area contributed by atoms with Gasteiger partial charge in [0.1, 0.15) is 11.9 Å². The summed E-state index contributed by atoms with van der Waals surface area (Å²) in [6.07, 6.45) is 4.11. The molecule has 29 heavy (non-hydrogen) atoms. The molecule has 1 heterocycles. The average Bonchev–Trinajstić information content (AvgIpc) is 3.14. The van der Waals surface area contributed by atoms with Crippen molar-refractivity contribution in [2.24, 2.45) is 0 Å². The van der Waals surface area contributed by atoms with Gasteiger partial charge in [0.05, 0.1) is 5.37 Å². The minimum atomic E-state index is -0.550. The third kappa shape index (κ3) is 5.38. The van der Waals surface area contributed by atoms with Gasteiger partial charge in [0.2, 0.25) is 5.91 Å². The normalized spacial score (nSPS) is 18.7. The van der Waals surface area contributed by atoms with E-state index in [1.165, 1.54) is 24.3 Å². The van der Waals surface area contributed by atoms with Gasteiger partial charge < -0.3 is 10.2 Å². The molecule has 0 spiro atoms. The zero-order chi connectivity index (χ0) is 20.8. The summed E-state index contributed by atoms with van der Waals surface area (Å²) in [5.74, 6) is -0.147. The van der Waals surface area contributed by atoms with Gasteiger partial charge in [-0.1, -0.05) is 43.9 Å². The number of nitrogens with zero attached hydrogens (tertiary/aromatic N) is 1. The Morgan fingerprint density at radius 2 is 1.79 bits per heavy atom. The summed E-state index contributed by atoms with van der Waals surface area (Å²) in [6.45, 7) is 4.13. The lowest BCUT2D eigenvalue weighted by Gasteiger charge is -2.29. The van der Waals surface area contributed by atoms with Crippen LogP contribution in [-0.4, -0.2) is 33.9 Å². The molecule has 3 rings (SSSR count). The van der Waals surface area contributed by atoms with E-state index >= 15 is 0 Å². The second-order valence-electron chi connectivity index (χ2n) is 7.37. The van der Waals surface area contributed by atoms with Crippen LogP contribution in [0.25, 0.3) is 0 Å². The van der Waals surface area contributed by atoms with Crippen molar-refractivity contribution in [3.63, 3.8) is 0 Å². The van der Waals surface area contributed by atoms with Crippen LogP contribution in [0.1, 0.15) is 48.5 Å². The lowest BCUT2D eigenvalue weighted by molar-refractivity contribution is -0.119. The Balaban J connectivity index is 1.79. The number of carbonyl (C=O) groups excluding carboxylic acids is 2. The fourth-order valence-electron chi connectivity index (χ4n) is 3.43. The van der Waals surface area contributed by atoms with Crippen molar-refractivity contribution in [1.29, 1.82) is 0 Å². The van der Waals surface area contributed by atoms with Crippen LogP contribution in [0.3, 0.4) is 0 Å². The Hall–Kier alpha value is -2.34. The predicted octanol–water partition coefficient (Wildman–Crippen LogP) is 5.24. The number of anilines is 1. The molecule has 2 aromatic rings. The highest BCUT2D eigenvalue weighted by Crippen LogP contribution is 2.34. The van der Waals surface area contributed by atoms with E-state index in [4.69, 9.17) is 0 Å². The van der Waals surface area contributed by atoms with Gasteiger partial charge in [-0.25, -0.2) is 4.39 Å². The van der Waals surface area contributed by atoms with Gasteiger partial charge in [-0.2, -0.15) is 0 Å². The molecule has 0 aliphatic carbocycles. The molecule has 2 amide bonds. The van der Waals surface area contributed by atoms with E-state index in [1.54, 1.807) is 16.7 Å². The fourth-order valence-corrected chi connectivity index (χ4v) is 4.89. The standard InChI is InChI=1S/C23H27FN2O2S/c1-3-4-5-6-21-26(23(28)17-9-7-16(2)8-10-17)20(15-29-21)22(27)25-19-13-11-18(24)12-14-19/h7-14,20-21H,3-6,15H2,1-2H3,(H,25,27). The highest BCUT2D eigenvalue weighted by molar-refractivity contribution is 8.00. The summed E-state index contributed by atoms with van der Waals surface area (Å²) in [4.78, 5) is 28.0. The Bertz CT molecular complexity index is 839. The van der Waals surface area contributed by atoms with Crippen LogP contribution in [0.5, 0.6) is 0 Å². The molecule has 0 aromatic heterocycles. The van der Waals surface area contributed by atoms with Gasteiger partial charge in [0.15, 0.2) is 0 Å². The SMILES string of the molecule is CCCCCC1SCC(C(=O)Nc2ccc(F)cc2)N1C(=O)c1ccc(C)cc1. The second-order valence-corrected chi connectivity index (χ2v) is 8.58. The molecule has 0 saturated carbocycles. The van der Waals surface area contributed by atoms with Gasteiger partial charge in [0, 0.05) is 17.0 Å². The van der Waals surface area contributed by atoms with Gasteiger partial charge in [-0.15, -0.1) is 11.8 Å². The van der Waals surface area contributed by atoms with Crippen LogP contribution in [0.4, 0.5) is 10.1 Å². The average molecular weight is 415 g/mol. The number of benzene rings is 2. The fraction of sp³-hybridized carbons (Fsp3) is 0.391. The van der Waals surface area contributed by atoms with Gasteiger partial charge in [-0.05, 0) is 49.7 Å². The first-order chi connectivity index (χ1) is 14.0. The molecule has 0 bridgehead atoms. The summed E-state index contributed by atoms with van der Waals surface area (Å²) in [7, 11) is 0. The number of thioether (sulfide) groups is 1. The zero-order valence-electron chi connectivity index (χ0n) is 16.9. The van der Waals surface area contributed by atoms with Crippen molar-refractivity contribution >= 4 is 29.3 Å². The molecule has 1 saturated heterocycles. The van der Waals surface area contributed by atoms with E-state index in [0.717, 1.165) is 31.2 Å². The van der Waals surface area contributed by atoms with Crippen molar-refractivity contribution in [1.82, 2.24) is 4.90 Å². The van der Waals surface area contributed by atoms with Gasteiger partial charge in [-0.3, -0.25) is 9.59 Å². The Kier molecular flexibility index (Phi) is 7.31. The molecule has 4 nitrogen and oxygen atoms in total. The van der Waals surface area contributed by atoms with Crippen molar-refractivity contribution in [3.05, 3.63) is 65.5 Å². The molecule has 0 radical (unpaired) electrons. The van der Waals surface area contributed by atoms with Crippen molar-refractivity contribution < 1.29 is 14.0 Å². The highest BCUT2D eigenvalue weighted by Gasteiger charge is 2.41. The lowest BCUT2D eigenvalue weighted by Crippen LogP contribution is -2.47. The van der Waals surface area contributed by atoms with Gasteiger partial charge >= 0.3 is 0 Å². The first-order valence-corrected chi connectivity index (χ1v) is 11.1. The van der Waals surface area contributed by atoms with E-state index in [9.17, 15) is 14.0 Å². The molecule has 1 aliphatic rings. The number of hydrogen-bond donors (Lipinski definition) is 1. The maximum atomic E-state index is 13.3. The maximum absolute atomic E-state index is 13.3. The molecule has 1 fully saturated rings. The minimum Gasteiger partial charge on any atom is -0.324 e. The van der Waals surface area contributed by atoms with Crippen LogP contribution in [0, 0.1) is 12.7 Å². The number of hydrogen-bond acceptors (Lipinski definition) is 3. The van der Waals surface area contributed by atoms with E-state index in [2.05, 4.69) is 12.2 Å². The molecular weight excluding hydrogens is 387 g/mol. The van der Waals surface area contributed by atoms with Crippen molar-refractivity contribution in [3.8, 4) is 0 Å². The molecule has 154 valence electrons. The largest absolute Gasteiger partial charge is 0.324 e. The van der Waals surface area contributed by atoms with E-state index in [1.807, 2.05) is 31.2 Å². The van der Waals surface area contributed by atoms with Gasteiger partial charge in [0.25, 0.3) is 5.91 Å². The molecular formula is C23H27FN2O2S. The number of carbonyl (C=O) groups is 2. The van der Waals surface area contributed by atoms with Crippen LogP contribution >= 0.6 is 11.8 Å². The first kappa shape index (κ1) is 21.4. The molecule has 2 aromatic carbocycles. The van der Waals surface area contributed by atoms with Crippen molar-refractivity contribution in [2.75, 3.05) is 11.1 Å². The number of aryl methyl sites for hydroxylation is 1. The van der Waals surface area contributed by atoms with Crippen LogP contribution in [-0.2, 0) is 4.79 Å². The Labute approximate surface area is 175 Å². The number of amides is 2. The van der Waals surface area contributed by atoms with E-state index < -0.39 is 6.04 Å². The number of rotatable bonds is 7. The summed E-state index contributed by atoms with van der Waals surface area (Å²) >= 11 is 1.66. The number of halogens is 1. The molecule has 2 atom stereocenters. The molecule has 2 unspecified atom stereocenters. The Morgan fingerprint density at radius 1 is 1.10 bits per heavy atom. The second kappa shape index (κ2) is 9.92. The highest BCUT2D eigenvalue weighted by atomic mass is 32.2. The summed E-state index contributed by atoms with van der Waals surface area (Å²) in [5.41, 5.74) is 2.21. The monoisotopic (exact) mass is 414 g/mol. The smallest absolute Gasteiger partial charge is 0.255 e. The third-order valence-electron chi connectivity index (χ3n) is 5.09. The van der Waals surface area contributed by atoms with E-state index in [0.29, 0.717) is 17.0 Å². The van der Waals surface area contributed by atoms with Crippen LogP contribution in [0.2, 0.25) is 0 Å². The number of unbranched alkanes of at least 4 members (excludes halogenated alkanes) is 2. The minimum absolute atomic E-state index is 0.0145. The molecule has 6 heteroatoms.